The molecule has 21 heavy (non-hydrogen) atoms. The third-order valence-electron chi connectivity index (χ3n) is 3.75. The maximum atomic E-state index is 11.9. The Kier molecular flexibility index (Phi) is 5.70. The zero-order valence-corrected chi connectivity index (χ0v) is 12.9. The molecule has 0 saturated carbocycles. The lowest BCUT2D eigenvalue weighted by Gasteiger charge is -2.20. The van der Waals surface area contributed by atoms with E-state index in [-0.39, 0.29) is 24.7 Å². The molecule has 2 amide bonds. The topological polar surface area (TPSA) is 64.6 Å². The van der Waals surface area contributed by atoms with Gasteiger partial charge in [0.1, 0.15) is 0 Å². The van der Waals surface area contributed by atoms with Crippen LogP contribution in [0.4, 0.5) is 10.5 Å². The molecule has 5 nitrogen and oxygen atoms in total. The fourth-order valence-corrected chi connectivity index (χ4v) is 2.66. The van der Waals surface area contributed by atoms with E-state index in [0.717, 1.165) is 30.2 Å². The first-order valence-corrected chi connectivity index (χ1v) is 7.68. The molecule has 1 saturated heterocycles. The van der Waals surface area contributed by atoms with Crippen molar-refractivity contribution in [1.29, 1.82) is 0 Å². The van der Waals surface area contributed by atoms with Gasteiger partial charge in [-0.2, -0.15) is 0 Å². The Bertz CT molecular complexity index is 480. The molecule has 0 radical (unpaired) electrons. The van der Waals surface area contributed by atoms with Crippen molar-refractivity contribution in [1.82, 2.24) is 10.6 Å². The Morgan fingerprint density at radius 2 is 2.38 bits per heavy atom. The van der Waals surface area contributed by atoms with Crippen LogP contribution < -0.4 is 15.5 Å². The minimum atomic E-state index is -0.214. The molecule has 2 atom stereocenters. The van der Waals surface area contributed by atoms with Crippen LogP contribution in [0.25, 0.3) is 0 Å². The predicted octanol–water partition coefficient (Wildman–Crippen LogP) is 1.99. The molecule has 0 unspecified atom stereocenters. The zero-order chi connectivity index (χ0) is 15.2. The number of hydrogen-bond acceptors (Lipinski definition) is 3. The minimum Gasteiger partial charge on any atom is -0.394 e. The number of hydrogen-bond donors (Lipinski definition) is 3. The summed E-state index contributed by atoms with van der Waals surface area (Å²) in [6.07, 6.45) is 1.61. The summed E-state index contributed by atoms with van der Waals surface area (Å²) in [4.78, 5) is 14.1. The lowest BCUT2D eigenvalue weighted by Crippen LogP contribution is -2.48. The lowest BCUT2D eigenvalue weighted by molar-refractivity contribution is 0.212. The van der Waals surface area contributed by atoms with E-state index >= 15 is 0 Å². The normalized spacial score (nSPS) is 19.4. The average molecular weight is 312 g/mol. The van der Waals surface area contributed by atoms with Crippen molar-refractivity contribution in [2.75, 3.05) is 24.6 Å². The number of aliphatic hydroxyl groups excluding tert-OH is 1. The van der Waals surface area contributed by atoms with E-state index in [1.807, 2.05) is 31.2 Å². The van der Waals surface area contributed by atoms with Crippen LogP contribution in [0, 0.1) is 0 Å². The Balaban J connectivity index is 1.84. The second kappa shape index (κ2) is 7.52. The van der Waals surface area contributed by atoms with Gasteiger partial charge in [-0.25, -0.2) is 4.79 Å². The number of anilines is 1. The van der Waals surface area contributed by atoms with Crippen LogP contribution in [0.2, 0.25) is 5.02 Å². The molecule has 1 aromatic rings. The van der Waals surface area contributed by atoms with Gasteiger partial charge in [0, 0.05) is 29.8 Å². The molecule has 1 fully saturated rings. The molecule has 2 rings (SSSR count). The van der Waals surface area contributed by atoms with Crippen molar-refractivity contribution >= 4 is 23.3 Å². The van der Waals surface area contributed by atoms with Crippen molar-refractivity contribution in [3.05, 3.63) is 29.3 Å². The van der Waals surface area contributed by atoms with Crippen LogP contribution in [-0.4, -0.2) is 42.9 Å². The summed E-state index contributed by atoms with van der Waals surface area (Å²) < 4.78 is 0. The largest absolute Gasteiger partial charge is 0.394 e. The molecular formula is C15H22ClN3O2. The van der Waals surface area contributed by atoms with Gasteiger partial charge in [0.05, 0.1) is 12.6 Å². The summed E-state index contributed by atoms with van der Waals surface area (Å²) in [6, 6.07) is 7.45. The molecule has 0 aliphatic carbocycles. The highest BCUT2D eigenvalue weighted by atomic mass is 35.5. The number of aliphatic hydroxyl groups is 1. The minimum absolute atomic E-state index is 0.0385. The van der Waals surface area contributed by atoms with Gasteiger partial charge in [0.25, 0.3) is 0 Å². The number of benzene rings is 1. The van der Waals surface area contributed by atoms with Crippen LogP contribution in [-0.2, 0) is 0 Å². The van der Waals surface area contributed by atoms with E-state index < -0.39 is 0 Å². The molecule has 1 heterocycles. The van der Waals surface area contributed by atoms with Crippen molar-refractivity contribution in [2.24, 2.45) is 0 Å². The van der Waals surface area contributed by atoms with E-state index in [1.54, 1.807) is 0 Å². The van der Waals surface area contributed by atoms with Gasteiger partial charge in [-0.05, 0) is 31.0 Å². The van der Waals surface area contributed by atoms with Gasteiger partial charge in [-0.3, -0.25) is 0 Å². The molecule has 0 aromatic heterocycles. The highest BCUT2D eigenvalue weighted by molar-refractivity contribution is 6.30. The first-order valence-electron chi connectivity index (χ1n) is 7.30. The second-order valence-electron chi connectivity index (χ2n) is 5.32. The Labute approximate surface area is 130 Å². The fraction of sp³-hybridized carbons (Fsp3) is 0.533. The highest BCUT2D eigenvalue weighted by Gasteiger charge is 2.24. The maximum Gasteiger partial charge on any atom is 0.315 e. The van der Waals surface area contributed by atoms with Crippen molar-refractivity contribution in [2.45, 2.75) is 31.8 Å². The number of amides is 2. The number of carbonyl (C=O) groups excluding carboxylic acids is 1. The van der Waals surface area contributed by atoms with Gasteiger partial charge in [-0.1, -0.05) is 24.6 Å². The van der Waals surface area contributed by atoms with Crippen molar-refractivity contribution < 1.29 is 9.90 Å². The van der Waals surface area contributed by atoms with Crippen LogP contribution >= 0.6 is 11.6 Å². The van der Waals surface area contributed by atoms with Crippen LogP contribution in [0.3, 0.4) is 0 Å². The molecule has 3 N–H and O–H groups in total. The van der Waals surface area contributed by atoms with E-state index in [1.165, 1.54) is 0 Å². The van der Waals surface area contributed by atoms with Gasteiger partial charge in [0.2, 0.25) is 0 Å². The zero-order valence-electron chi connectivity index (χ0n) is 12.2. The van der Waals surface area contributed by atoms with E-state index in [0.29, 0.717) is 6.42 Å². The molecule has 0 spiro atoms. The fourth-order valence-electron chi connectivity index (χ4n) is 2.47. The number of urea groups is 1. The van der Waals surface area contributed by atoms with Crippen LogP contribution in [0.5, 0.6) is 0 Å². The molecule has 116 valence electrons. The SMILES string of the molecule is CC[C@@H](CO)NC(=O)N[C@H]1CCN(c2cccc(Cl)c2)C1. The van der Waals surface area contributed by atoms with Gasteiger partial charge >= 0.3 is 6.03 Å². The monoisotopic (exact) mass is 311 g/mol. The van der Waals surface area contributed by atoms with Crippen molar-refractivity contribution in [3.63, 3.8) is 0 Å². The first-order chi connectivity index (χ1) is 10.1. The number of carbonyl (C=O) groups is 1. The Morgan fingerprint density at radius 3 is 3.05 bits per heavy atom. The standard InChI is InChI=1S/C15H22ClN3O2/c1-2-12(10-20)17-15(21)18-13-6-7-19(9-13)14-5-3-4-11(16)8-14/h3-5,8,12-13,20H,2,6-7,9-10H2,1H3,(H2,17,18,21)/t12-,13-/m0/s1. The van der Waals surface area contributed by atoms with Crippen LogP contribution in [0.1, 0.15) is 19.8 Å². The maximum absolute atomic E-state index is 11.9. The third kappa shape index (κ3) is 4.51. The van der Waals surface area contributed by atoms with Crippen LogP contribution in [0.15, 0.2) is 24.3 Å². The lowest BCUT2D eigenvalue weighted by atomic mass is 10.2. The predicted molar refractivity (Wildman–Crippen MR) is 84.9 cm³/mol. The summed E-state index contributed by atoms with van der Waals surface area (Å²) in [6.45, 7) is 3.55. The molecular weight excluding hydrogens is 290 g/mol. The summed E-state index contributed by atoms with van der Waals surface area (Å²) in [5.41, 5.74) is 1.08. The van der Waals surface area contributed by atoms with E-state index in [2.05, 4.69) is 15.5 Å². The number of rotatable bonds is 5. The molecule has 1 aromatic carbocycles. The summed E-state index contributed by atoms with van der Waals surface area (Å²) in [7, 11) is 0. The first kappa shape index (κ1) is 15.9. The number of nitrogens with zero attached hydrogens (tertiary/aromatic N) is 1. The molecule has 6 heteroatoms. The summed E-state index contributed by atoms with van der Waals surface area (Å²) in [5, 5.41) is 15.5. The molecule has 0 bridgehead atoms. The van der Waals surface area contributed by atoms with E-state index in [9.17, 15) is 4.79 Å². The summed E-state index contributed by atoms with van der Waals surface area (Å²) >= 11 is 6.00. The highest BCUT2D eigenvalue weighted by Crippen LogP contribution is 2.23. The molecule has 1 aliphatic rings. The van der Waals surface area contributed by atoms with Gasteiger partial charge in [-0.15, -0.1) is 0 Å². The average Bonchev–Trinajstić information content (AvgIpc) is 2.93. The van der Waals surface area contributed by atoms with Gasteiger partial charge in [0.15, 0.2) is 0 Å². The van der Waals surface area contributed by atoms with Crippen molar-refractivity contribution in [3.8, 4) is 0 Å². The quantitative estimate of drug-likeness (QED) is 0.779. The van der Waals surface area contributed by atoms with Gasteiger partial charge < -0.3 is 20.6 Å². The summed E-state index contributed by atoms with van der Waals surface area (Å²) in [5.74, 6) is 0. The molecule has 1 aliphatic heterocycles. The Morgan fingerprint density at radius 1 is 1.57 bits per heavy atom. The van der Waals surface area contributed by atoms with E-state index in [4.69, 9.17) is 16.7 Å². The smallest absolute Gasteiger partial charge is 0.315 e. The number of halogens is 1. The Hall–Kier alpha value is -1.46. The second-order valence-corrected chi connectivity index (χ2v) is 5.75. The number of nitrogens with one attached hydrogen (secondary N) is 2. The third-order valence-corrected chi connectivity index (χ3v) is 3.98.